The van der Waals surface area contributed by atoms with E-state index in [4.69, 9.17) is 4.74 Å². The molecule has 2 aromatic heterocycles. The average Bonchev–Trinajstić information content (AvgIpc) is 3.37. The number of ether oxygens (including phenoxy) is 1. The Balaban J connectivity index is 1.35. The minimum Gasteiger partial charge on any atom is -0.507 e. The molecule has 4 atom stereocenters. The van der Waals surface area contributed by atoms with Gasteiger partial charge in [-0.1, -0.05) is 22.5 Å². The van der Waals surface area contributed by atoms with Crippen molar-refractivity contribution in [2.45, 2.75) is 31.2 Å². The molecule has 1 saturated carbocycles. The summed E-state index contributed by atoms with van der Waals surface area (Å²) in [6, 6.07) is 5.25. The summed E-state index contributed by atoms with van der Waals surface area (Å²) in [5.41, 5.74) is 2.30. The summed E-state index contributed by atoms with van der Waals surface area (Å²) in [5.74, 6) is 0.267. The molecular formula is C19H20FN5O2S. The summed E-state index contributed by atoms with van der Waals surface area (Å²) in [6.07, 6.45) is 3.80. The number of H-pyrrole nitrogens is 1. The van der Waals surface area contributed by atoms with Crippen LogP contribution in [0.25, 0.3) is 21.7 Å². The van der Waals surface area contributed by atoms with Gasteiger partial charge in [-0.05, 0) is 37.6 Å². The van der Waals surface area contributed by atoms with Crippen LogP contribution in [0.5, 0.6) is 10.9 Å². The Hall–Kier alpha value is -2.52. The number of rotatable bonds is 4. The van der Waals surface area contributed by atoms with Gasteiger partial charge >= 0.3 is 0 Å². The predicted octanol–water partition coefficient (Wildman–Crippen LogP) is 3.11. The second-order valence-corrected chi connectivity index (χ2v) is 8.40. The summed E-state index contributed by atoms with van der Waals surface area (Å²) >= 11 is 1.22. The lowest BCUT2D eigenvalue weighted by Gasteiger charge is -2.49. The van der Waals surface area contributed by atoms with Crippen LogP contribution in [0.2, 0.25) is 0 Å². The van der Waals surface area contributed by atoms with Crippen LogP contribution in [0.15, 0.2) is 30.6 Å². The molecular weight excluding hydrogens is 381 g/mol. The monoisotopic (exact) mass is 401 g/mol. The van der Waals surface area contributed by atoms with Crippen LogP contribution in [0, 0.1) is 5.92 Å². The van der Waals surface area contributed by atoms with Gasteiger partial charge in [0.25, 0.3) is 5.19 Å². The number of fused-ring (bicyclic) bond motifs is 3. The highest BCUT2D eigenvalue weighted by molar-refractivity contribution is 7.16. The van der Waals surface area contributed by atoms with Crippen molar-refractivity contribution >= 4 is 11.3 Å². The van der Waals surface area contributed by atoms with Crippen LogP contribution in [-0.2, 0) is 0 Å². The molecule has 2 bridgehead atoms. The highest BCUT2D eigenvalue weighted by atomic mass is 32.1. The minimum absolute atomic E-state index is 0.0816. The van der Waals surface area contributed by atoms with Gasteiger partial charge in [-0.3, -0.25) is 10.00 Å². The first-order valence-electron chi connectivity index (χ1n) is 9.27. The Morgan fingerprint density at radius 1 is 1.29 bits per heavy atom. The molecule has 2 unspecified atom stereocenters. The van der Waals surface area contributed by atoms with Gasteiger partial charge in [0.2, 0.25) is 0 Å². The van der Waals surface area contributed by atoms with E-state index in [0.717, 1.165) is 30.5 Å². The number of benzene rings is 1. The normalized spacial score (nSPS) is 27.2. The summed E-state index contributed by atoms with van der Waals surface area (Å²) in [6.45, 7) is 0.845. The van der Waals surface area contributed by atoms with E-state index in [1.54, 1.807) is 24.5 Å². The number of aromatic nitrogens is 4. The third-order valence-corrected chi connectivity index (χ3v) is 6.62. The molecule has 0 spiro atoms. The maximum Gasteiger partial charge on any atom is 0.294 e. The van der Waals surface area contributed by atoms with Crippen LogP contribution < -0.4 is 4.74 Å². The third kappa shape index (κ3) is 2.94. The van der Waals surface area contributed by atoms with Crippen LogP contribution in [0.1, 0.15) is 12.8 Å². The Labute approximate surface area is 165 Å². The SMILES string of the molecule is CN1CC2CC[C@H]1C(F)[C@H]2Oc1nnc(-c2ccc(-c3cn[nH]c3)cc2O)s1. The van der Waals surface area contributed by atoms with E-state index in [0.29, 0.717) is 15.8 Å². The Kier molecular flexibility index (Phi) is 4.28. The molecule has 3 fully saturated rings. The quantitative estimate of drug-likeness (QED) is 0.699. The molecule has 2 aliphatic heterocycles. The van der Waals surface area contributed by atoms with Crippen LogP contribution in [-0.4, -0.2) is 62.3 Å². The second-order valence-electron chi connectivity index (χ2n) is 7.46. The third-order valence-electron chi connectivity index (χ3n) is 5.77. The topological polar surface area (TPSA) is 87.2 Å². The lowest BCUT2D eigenvalue weighted by molar-refractivity contribution is -0.0877. The first kappa shape index (κ1) is 17.6. The first-order valence-corrected chi connectivity index (χ1v) is 10.1. The molecule has 2 N–H and O–H groups in total. The van der Waals surface area contributed by atoms with Crippen LogP contribution in [0.3, 0.4) is 0 Å². The second kappa shape index (κ2) is 6.82. The fourth-order valence-corrected chi connectivity index (χ4v) is 5.07. The van der Waals surface area contributed by atoms with Crippen molar-refractivity contribution < 1.29 is 14.2 Å². The zero-order valence-corrected chi connectivity index (χ0v) is 16.1. The number of halogens is 1. The number of aromatic amines is 1. The average molecular weight is 401 g/mol. The number of nitrogens with zero attached hydrogens (tertiary/aromatic N) is 4. The molecule has 4 heterocycles. The van der Waals surface area contributed by atoms with Crippen molar-refractivity contribution in [3.05, 3.63) is 30.6 Å². The van der Waals surface area contributed by atoms with Crippen molar-refractivity contribution in [1.82, 2.24) is 25.3 Å². The van der Waals surface area contributed by atoms with Gasteiger partial charge in [-0.15, -0.1) is 5.10 Å². The van der Waals surface area contributed by atoms with E-state index in [9.17, 15) is 9.50 Å². The molecule has 3 aromatic rings. The largest absolute Gasteiger partial charge is 0.507 e. The molecule has 0 amide bonds. The van der Waals surface area contributed by atoms with Gasteiger partial charge in [0.1, 0.15) is 11.9 Å². The maximum atomic E-state index is 14.8. The highest BCUT2D eigenvalue weighted by Crippen LogP contribution is 2.41. The zero-order valence-electron chi connectivity index (χ0n) is 15.2. The lowest BCUT2D eigenvalue weighted by atomic mass is 9.76. The number of alkyl halides is 1. The highest BCUT2D eigenvalue weighted by Gasteiger charge is 2.48. The Bertz CT molecular complexity index is 977. The van der Waals surface area contributed by atoms with Gasteiger partial charge < -0.3 is 9.84 Å². The number of phenolic OH excluding ortho intramolecular Hbond substituents is 1. The van der Waals surface area contributed by atoms with Gasteiger partial charge in [-0.25, -0.2) is 4.39 Å². The Morgan fingerprint density at radius 2 is 2.18 bits per heavy atom. The number of aromatic hydroxyl groups is 1. The summed E-state index contributed by atoms with van der Waals surface area (Å²) in [7, 11) is 1.97. The summed E-state index contributed by atoms with van der Waals surface area (Å²) < 4.78 is 20.7. The first-order chi connectivity index (χ1) is 13.6. The van der Waals surface area contributed by atoms with E-state index in [-0.39, 0.29) is 17.7 Å². The number of nitrogens with one attached hydrogen (secondary N) is 1. The van der Waals surface area contributed by atoms with Crippen LogP contribution in [0.4, 0.5) is 4.39 Å². The molecule has 2 saturated heterocycles. The predicted molar refractivity (Wildman–Crippen MR) is 103 cm³/mol. The van der Waals surface area contributed by atoms with Crippen molar-refractivity contribution in [3.63, 3.8) is 0 Å². The van der Waals surface area contributed by atoms with E-state index in [2.05, 4.69) is 25.3 Å². The number of piperidine rings is 2. The van der Waals surface area contributed by atoms with Crippen molar-refractivity contribution in [2.75, 3.05) is 13.6 Å². The fourth-order valence-electron chi connectivity index (χ4n) is 4.30. The van der Waals surface area contributed by atoms with Gasteiger partial charge in [-0.2, -0.15) is 5.10 Å². The standard InChI is InChI=1S/C19H20FN5O2S/c1-25-9-11-3-5-14(25)16(20)17(11)27-19-24-23-18(28-19)13-4-2-10(6-15(13)26)12-7-21-22-8-12/h2,4,6-8,11,14,16-17,26H,3,5,9H2,1H3,(H,21,22)/t11?,14-,16?,17-/m0/s1. The van der Waals surface area contributed by atoms with Crippen molar-refractivity contribution in [3.8, 4) is 32.6 Å². The van der Waals surface area contributed by atoms with Crippen LogP contribution >= 0.6 is 11.3 Å². The molecule has 1 aromatic carbocycles. The molecule has 28 heavy (non-hydrogen) atoms. The van der Waals surface area contributed by atoms with Gasteiger partial charge in [0.15, 0.2) is 11.2 Å². The Morgan fingerprint density at radius 3 is 2.89 bits per heavy atom. The molecule has 146 valence electrons. The molecule has 1 aliphatic carbocycles. The van der Waals surface area contributed by atoms with Gasteiger partial charge in [0.05, 0.1) is 11.8 Å². The number of hydrogen-bond acceptors (Lipinski definition) is 7. The smallest absolute Gasteiger partial charge is 0.294 e. The summed E-state index contributed by atoms with van der Waals surface area (Å²) in [5, 5.41) is 26.2. The molecule has 3 aliphatic rings. The molecule has 0 radical (unpaired) electrons. The number of hydrogen-bond donors (Lipinski definition) is 2. The molecule has 7 nitrogen and oxygen atoms in total. The van der Waals surface area contributed by atoms with E-state index >= 15 is 0 Å². The number of phenols is 1. The van der Waals surface area contributed by atoms with Gasteiger partial charge in [0, 0.05) is 30.3 Å². The molecule has 9 heteroatoms. The van der Waals surface area contributed by atoms with E-state index in [1.165, 1.54) is 11.3 Å². The molecule has 6 rings (SSSR count). The summed E-state index contributed by atoms with van der Waals surface area (Å²) in [4.78, 5) is 2.09. The fraction of sp³-hybridized carbons (Fsp3) is 0.421. The minimum atomic E-state index is -1.02. The lowest BCUT2D eigenvalue weighted by Crippen LogP contribution is -2.61. The zero-order chi connectivity index (χ0) is 19.3. The van der Waals surface area contributed by atoms with Crippen molar-refractivity contribution in [2.24, 2.45) is 5.92 Å². The van der Waals surface area contributed by atoms with E-state index in [1.807, 2.05) is 13.1 Å². The maximum absolute atomic E-state index is 14.8. The van der Waals surface area contributed by atoms with Crippen molar-refractivity contribution in [1.29, 1.82) is 0 Å². The van der Waals surface area contributed by atoms with E-state index < -0.39 is 12.3 Å².